The molecule has 130 valence electrons. The van der Waals surface area contributed by atoms with Crippen LogP contribution in [0.15, 0.2) is 48.7 Å². The summed E-state index contributed by atoms with van der Waals surface area (Å²) in [6, 6.07) is 13.4. The summed E-state index contributed by atoms with van der Waals surface area (Å²) in [4.78, 5) is 29.7. The number of nitrogens with one attached hydrogen (secondary N) is 1. The molecule has 0 spiro atoms. The molecule has 2 aromatic rings. The molecule has 0 bridgehead atoms. The van der Waals surface area contributed by atoms with Crippen molar-refractivity contribution in [3.8, 4) is 0 Å². The third-order valence-corrected chi connectivity index (χ3v) is 4.93. The van der Waals surface area contributed by atoms with Gasteiger partial charge in [0.1, 0.15) is 4.64 Å². The van der Waals surface area contributed by atoms with Crippen molar-refractivity contribution in [3.05, 3.63) is 64.4 Å². The second-order valence-corrected chi connectivity index (χ2v) is 6.59. The van der Waals surface area contributed by atoms with Gasteiger partial charge in [0.2, 0.25) is 0 Å². The van der Waals surface area contributed by atoms with E-state index in [-0.39, 0.29) is 23.7 Å². The van der Waals surface area contributed by atoms with E-state index in [1.807, 2.05) is 30.3 Å². The number of carbonyl (C=O) groups excluding carboxylic acids is 2. The van der Waals surface area contributed by atoms with Crippen LogP contribution in [-0.4, -0.2) is 42.0 Å². The molecule has 5 nitrogen and oxygen atoms in total. The number of hydrogen-bond donors (Lipinski definition) is 1. The van der Waals surface area contributed by atoms with Gasteiger partial charge in [0.05, 0.1) is 18.6 Å². The van der Waals surface area contributed by atoms with Crippen LogP contribution in [0, 0.1) is 10.6 Å². The number of aromatic nitrogens is 1. The minimum Gasteiger partial charge on any atom is -0.469 e. The van der Waals surface area contributed by atoms with Gasteiger partial charge in [-0.2, -0.15) is 0 Å². The molecule has 2 heterocycles. The molecule has 1 aliphatic heterocycles. The third kappa shape index (κ3) is 3.79. The lowest BCUT2D eigenvalue weighted by Gasteiger charge is -2.37. The molecule has 1 amide bonds. The number of amides is 1. The van der Waals surface area contributed by atoms with Gasteiger partial charge in [0.15, 0.2) is 0 Å². The zero-order valence-corrected chi connectivity index (χ0v) is 14.8. The van der Waals surface area contributed by atoms with E-state index in [0.717, 1.165) is 5.56 Å². The fourth-order valence-corrected chi connectivity index (χ4v) is 3.55. The molecule has 2 atom stereocenters. The van der Waals surface area contributed by atoms with Crippen molar-refractivity contribution in [3.63, 3.8) is 0 Å². The average Bonchev–Trinajstić information content (AvgIpc) is 2.67. The number of benzene rings is 1. The van der Waals surface area contributed by atoms with Crippen molar-refractivity contribution in [2.45, 2.75) is 12.3 Å². The Hall–Kier alpha value is -2.47. The van der Waals surface area contributed by atoms with Crippen molar-refractivity contribution in [2.24, 2.45) is 5.92 Å². The number of ether oxygens (including phenoxy) is 1. The van der Waals surface area contributed by atoms with Crippen LogP contribution < -0.4 is 0 Å². The predicted octanol–water partition coefficient (Wildman–Crippen LogP) is 3.16. The largest absolute Gasteiger partial charge is 0.469 e. The lowest BCUT2D eigenvalue weighted by atomic mass is 9.84. The monoisotopic (exact) mass is 356 g/mol. The highest BCUT2D eigenvalue weighted by molar-refractivity contribution is 7.71. The van der Waals surface area contributed by atoms with E-state index in [4.69, 9.17) is 17.0 Å². The molecular formula is C19H20N2O3S. The standard InChI is InChI=1S/C19H20N2O3S/c1-24-19(23)15-10-14(13-6-3-2-4-7-13)11-21(12-15)18(22)16-8-5-9-20-17(16)25/h2-9,14-15H,10-12H2,1H3,(H,20,25)/t14-,15+/m0/s1. The van der Waals surface area contributed by atoms with E-state index >= 15 is 0 Å². The molecule has 25 heavy (non-hydrogen) atoms. The Balaban J connectivity index is 1.90. The molecule has 1 fully saturated rings. The van der Waals surface area contributed by atoms with Crippen molar-refractivity contribution in [1.82, 2.24) is 9.88 Å². The van der Waals surface area contributed by atoms with Crippen LogP contribution in [0.5, 0.6) is 0 Å². The van der Waals surface area contributed by atoms with Gasteiger partial charge >= 0.3 is 5.97 Å². The van der Waals surface area contributed by atoms with Gasteiger partial charge in [0, 0.05) is 25.2 Å². The quantitative estimate of drug-likeness (QED) is 0.678. The van der Waals surface area contributed by atoms with Crippen LogP contribution in [0.1, 0.15) is 28.3 Å². The van der Waals surface area contributed by atoms with Crippen molar-refractivity contribution < 1.29 is 14.3 Å². The molecule has 0 unspecified atom stereocenters. The molecular weight excluding hydrogens is 336 g/mol. The van der Waals surface area contributed by atoms with Gasteiger partial charge in [-0.3, -0.25) is 9.59 Å². The summed E-state index contributed by atoms with van der Waals surface area (Å²) in [6.45, 7) is 0.901. The number of aromatic amines is 1. The highest BCUT2D eigenvalue weighted by Gasteiger charge is 2.35. The number of hydrogen-bond acceptors (Lipinski definition) is 4. The first-order valence-corrected chi connectivity index (χ1v) is 8.60. The summed E-state index contributed by atoms with van der Waals surface area (Å²) in [7, 11) is 1.38. The van der Waals surface area contributed by atoms with Gasteiger partial charge in [-0.25, -0.2) is 0 Å². The Morgan fingerprint density at radius 3 is 2.60 bits per heavy atom. The summed E-state index contributed by atoms with van der Waals surface area (Å²) in [5.41, 5.74) is 1.57. The zero-order chi connectivity index (χ0) is 17.8. The number of rotatable bonds is 3. The van der Waals surface area contributed by atoms with Gasteiger partial charge in [-0.05, 0) is 24.1 Å². The zero-order valence-electron chi connectivity index (χ0n) is 14.0. The van der Waals surface area contributed by atoms with Crippen LogP contribution in [0.2, 0.25) is 0 Å². The SMILES string of the molecule is COC(=O)[C@@H]1C[C@H](c2ccccc2)CN(C(=O)c2ccc[nH]c2=S)C1. The van der Waals surface area contributed by atoms with Crippen molar-refractivity contribution >= 4 is 24.1 Å². The molecule has 0 radical (unpaired) electrons. The minimum atomic E-state index is -0.339. The number of pyridine rings is 1. The Morgan fingerprint density at radius 2 is 1.92 bits per heavy atom. The predicted molar refractivity (Wildman–Crippen MR) is 96.8 cm³/mol. The average molecular weight is 356 g/mol. The maximum absolute atomic E-state index is 12.9. The van der Waals surface area contributed by atoms with Crippen molar-refractivity contribution in [1.29, 1.82) is 0 Å². The smallest absolute Gasteiger partial charge is 0.310 e. The Bertz CT molecular complexity index is 819. The van der Waals surface area contributed by atoms with Crippen LogP contribution in [-0.2, 0) is 9.53 Å². The number of likely N-dealkylation sites (tertiary alicyclic amines) is 1. The first-order chi connectivity index (χ1) is 12.1. The van der Waals surface area contributed by atoms with Gasteiger partial charge in [0.25, 0.3) is 5.91 Å². The topological polar surface area (TPSA) is 62.4 Å². The number of H-pyrrole nitrogens is 1. The second kappa shape index (κ2) is 7.61. The maximum Gasteiger partial charge on any atom is 0.310 e. The van der Waals surface area contributed by atoms with E-state index in [0.29, 0.717) is 29.7 Å². The Kier molecular flexibility index (Phi) is 5.28. The number of piperidine rings is 1. The molecule has 6 heteroatoms. The van der Waals surface area contributed by atoms with Crippen LogP contribution in [0.3, 0.4) is 0 Å². The van der Waals surface area contributed by atoms with E-state index in [9.17, 15) is 9.59 Å². The number of nitrogens with zero attached hydrogens (tertiary/aromatic N) is 1. The van der Waals surface area contributed by atoms with Crippen LogP contribution in [0.4, 0.5) is 0 Å². The summed E-state index contributed by atoms with van der Waals surface area (Å²) >= 11 is 5.23. The van der Waals surface area contributed by atoms with E-state index in [1.165, 1.54) is 7.11 Å². The van der Waals surface area contributed by atoms with Crippen LogP contribution in [0.25, 0.3) is 0 Å². The Labute approximate surface area is 151 Å². The number of methoxy groups -OCH3 is 1. The number of esters is 1. The first kappa shape index (κ1) is 17.4. The molecule has 1 aliphatic rings. The number of carbonyl (C=O) groups is 2. The molecule has 1 aromatic heterocycles. The molecule has 1 saturated heterocycles. The third-order valence-electron chi connectivity index (χ3n) is 4.59. The normalized spacial score (nSPS) is 20.1. The van der Waals surface area contributed by atoms with Gasteiger partial charge in [-0.1, -0.05) is 42.5 Å². The van der Waals surface area contributed by atoms with Crippen molar-refractivity contribution in [2.75, 3.05) is 20.2 Å². The Morgan fingerprint density at radius 1 is 1.16 bits per heavy atom. The maximum atomic E-state index is 12.9. The highest BCUT2D eigenvalue weighted by atomic mass is 32.1. The van der Waals surface area contributed by atoms with Gasteiger partial charge in [-0.15, -0.1) is 0 Å². The summed E-state index contributed by atoms with van der Waals surface area (Å²) in [5.74, 6) is -0.688. The lowest BCUT2D eigenvalue weighted by molar-refractivity contribution is -0.147. The molecule has 0 aliphatic carbocycles. The lowest BCUT2D eigenvalue weighted by Crippen LogP contribution is -2.45. The minimum absolute atomic E-state index is 0.0873. The van der Waals surface area contributed by atoms with E-state index in [1.54, 1.807) is 23.2 Å². The fourth-order valence-electron chi connectivity index (χ4n) is 3.33. The van der Waals surface area contributed by atoms with Crippen LogP contribution >= 0.6 is 12.2 Å². The summed E-state index contributed by atoms with van der Waals surface area (Å²) in [6.07, 6.45) is 2.36. The molecule has 1 N–H and O–H groups in total. The highest BCUT2D eigenvalue weighted by Crippen LogP contribution is 2.31. The summed E-state index contributed by atoms with van der Waals surface area (Å²) in [5, 5.41) is 0. The van der Waals surface area contributed by atoms with E-state index < -0.39 is 0 Å². The first-order valence-electron chi connectivity index (χ1n) is 8.20. The van der Waals surface area contributed by atoms with Gasteiger partial charge < -0.3 is 14.6 Å². The molecule has 3 rings (SSSR count). The second-order valence-electron chi connectivity index (χ2n) is 6.19. The molecule has 0 saturated carbocycles. The fraction of sp³-hybridized carbons (Fsp3) is 0.316. The molecule has 1 aromatic carbocycles. The summed E-state index contributed by atoms with van der Waals surface area (Å²) < 4.78 is 5.33. The van der Waals surface area contributed by atoms with E-state index in [2.05, 4.69) is 4.98 Å².